The first-order chi connectivity index (χ1) is 6.61. The van der Waals surface area contributed by atoms with Crippen molar-refractivity contribution in [3.63, 3.8) is 0 Å². The quantitative estimate of drug-likeness (QED) is 0.708. The number of hydrogen-bond acceptors (Lipinski definition) is 3. The third-order valence-electron chi connectivity index (χ3n) is 3.53. The van der Waals surface area contributed by atoms with Crippen LogP contribution in [0.3, 0.4) is 0 Å². The molecule has 0 saturated carbocycles. The molecule has 4 N–H and O–H groups in total. The van der Waals surface area contributed by atoms with E-state index in [1.54, 1.807) is 0 Å². The van der Waals surface area contributed by atoms with Crippen molar-refractivity contribution in [2.45, 2.75) is 51.1 Å². The van der Waals surface area contributed by atoms with Crippen molar-refractivity contribution >= 4 is 0 Å². The van der Waals surface area contributed by atoms with Gasteiger partial charge in [-0.2, -0.15) is 0 Å². The maximum Gasteiger partial charge on any atom is 0.0303 e. The summed E-state index contributed by atoms with van der Waals surface area (Å²) in [6.45, 7) is 7.43. The lowest BCUT2D eigenvalue weighted by Crippen LogP contribution is -2.56. The molecule has 1 heterocycles. The fraction of sp³-hybridized carbons (Fsp3) is 1.00. The zero-order valence-corrected chi connectivity index (χ0v) is 9.63. The van der Waals surface area contributed by atoms with Crippen LogP contribution in [0, 0.1) is 0 Å². The van der Waals surface area contributed by atoms with Gasteiger partial charge < -0.3 is 16.4 Å². The molecule has 3 nitrogen and oxygen atoms in total. The lowest BCUT2D eigenvalue weighted by atomic mass is 9.88. The number of piperidine rings is 1. The summed E-state index contributed by atoms with van der Waals surface area (Å²) in [5, 5.41) is 0. The molecule has 3 heteroatoms. The predicted octanol–water partition coefficient (Wildman–Crippen LogP) is 0.927. The van der Waals surface area contributed by atoms with Crippen molar-refractivity contribution in [3.05, 3.63) is 0 Å². The Morgan fingerprint density at radius 2 is 1.93 bits per heavy atom. The van der Waals surface area contributed by atoms with E-state index in [1.807, 2.05) is 0 Å². The van der Waals surface area contributed by atoms with E-state index in [4.69, 9.17) is 11.5 Å². The second-order valence-electron chi connectivity index (χ2n) is 4.74. The molecule has 0 aliphatic carbocycles. The molecule has 0 aromatic heterocycles. The van der Waals surface area contributed by atoms with Crippen LogP contribution in [-0.2, 0) is 0 Å². The van der Waals surface area contributed by atoms with E-state index in [1.165, 1.54) is 12.8 Å². The molecule has 1 atom stereocenters. The molecule has 0 aromatic carbocycles. The summed E-state index contributed by atoms with van der Waals surface area (Å²) in [5.41, 5.74) is 11.7. The van der Waals surface area contributed by atoms with Crippen LogP contribution in [0.25, 0.3) is 0 Å². The highest BCUT2D eigenvalue weighted by Gasteiger charge is 2.30. The predicted molar refractivity (Wildman–Crippen MR) is 61.1 cm³/mol. The van der Waals surface area contributed by atoms with Crippen molar-refractivity contribution in [2.24, 2.45) is 11.5 Å². The third-order valence-corrected chi connectivity index (χ3v) is 3.53. The highest BCUT2D eigenvalue weighted by Crippen LogP contribution is 2.21. The normalized spacial score (nSPS) is 24.9. The average molecular weight is 199 g/mol. The van der Waals surface area contributed by atoms with Crippen LogP contribution in [0.15, 0.2) is 0 Å². The SMILES string of the molecule is CCCC(C)N1CCC(N)(CN)CC1. The largest absolute Gasteiger partial charge is 0.329 e. The number of rotatable bonds is 4. The van der Waals surface area contributed by atoms with Gasteiger partial charge in [-0.3, -0.25) is 0 Å². The van der Waals surface area contributed by atoms with Crippen molar-refractivity contribution in [1.29, 1.82) is 0 Å². The molecule has 0 amide bonds. The van der Waals surface area contributed by atoms with Gasteiger partial charge in [0.25, 0.3) is 0 Å². The van der Waals surface area contributed by atoms with E-state index in [0.717, 1.165) is 25.9 Å². The number of nitrogens with zero attached hydrogens (tertiary/aromatic N) is 1. The molecule has 84 valence electrons. The molecule has 1 saturated heterocycles. The first-order valence-corrected chi connectivity index (χ1v) is 5.84. The molecule has 1 rings (SSSR count). The third kappa shape index (κ3) is 2.94. The smallest absolute Gasteiger partial charge is 0.0303 e. The van der Waals surface area contributed by atoms with Crippen LogP contribution in [-0.4, -0.2) is 36.1 Å². The molecule has 1 aliphatic rings. The molecular weight excluding hydrogens is 174 g/mol. The summed E-state index contributed by atoms with van der Waals surface area (Å²) in [6, 6.07) is 0.710. The van der Waals surface area contributed by atoms with Crippen molar-refractivity contribution < 1.29 is 0 Å². The van der Waals surface area contributed by atoms with Gasteiger partial charge in [-0.1, -0.05) is 13.3 Å². The fourth-order valence-corrected chi connectivity index (χ4v) is 2.21. The van der Waals surface area contributed by atoms with Gasteiger partial charge in [-0.15, -0.1) is 0 Å². The summed E-state index contributed by atoms with van der Waals surface area (Å²) in [6.07, 6.45) is 4.66. The maximum atomic E-state index is 6.14. The molecule has 0 spiro atoms. The van der Waals surface area contributed by atoms with Gasteiger partial charge in [0.2, 0.25) is 0 Å². The number of likely N-dealkylation sites (tertiary alicyclic amines) is 1. The van der Waals surface area contributed by atoms with E-state index in [0.29, 0.717) is 12.6 Å². The van der Waals surface area contributed by atoms with E-state index in [2.05, 4.69) is 18.7 Å². The van der Waals surface area contributed by atoms with Crippen LogP contribution in [0.2, 0.25) is 0 Å². The standard InChI is InChI=1S/C11H25N3/c1-3-4-10(2)14-7-5-11(13,9-12)6-8-14/h10H,3-9,12-13H2,1-2H3. The van der Waals surface area contributed by atoms with Gasteiger partial charge in [-0.25, -0.2) is 0 Å². The zero-order valence-electron chi connectivity index (χ0n) is 9.63. The summed E-state index contributed by atoms with van der Waals surface area (Å²) >= 11 is 0. The van der Waals surface area contributed by atoms with E-state index in [9.17, 15) is 0 Å². The fourth-order valence-electron chi connectivity index (χ4n) is 2.21. The van der Waals surface area contributed by atoms with Crippen molar-refractivity contribution in [3.8, 4) is 0 Å². The zero-order chi connectivity index (χ0) is 10.6. The highest BCUT2D eigenvalue weighted by atomic mass is 15.2. The van der Waals surface area contributed by atoms with E-state index in [-0.39, 0.29) is 5.54 Å². The van der Waals surface area contributed by atoms with Gasteiger partial charge in [0.1, 0.15) is 0 Å². The molecule has 1 fully saturated rings. The minimum Gasteiger partial charge on any atom is -0.329 e. The Bertz CT molecular complexity index is 162. The monoisotopic (exact) mass is 199 g/mol. The van der Waals surface area contributed by atoms with Gasteiger partial charge >= 0.3 is 0 Å². The summed E-state index contributed by atoms with van der Waals surface area (Å²) in [4.78, 5) is 2.55. The Morgan fingerprint density at radius 1 is 1.36 bits per heavy atom. The topological polar surface area (TPSA) is 55.3 Å². The van der Waals surface area contributed by atoms with Crippen LogP contribution in [0.4, 0.5) is 0 Å². The molecule has 1 aliphatic heterocycles. The molecule has 1 unspecified atom stereocenters. The molecule has 0 radical (unpaired) electrons. The van der Waals surface area contributed by atoms with E-state index < -0.39 is 0 Å². The molecular formula is C11H25N3. The van der Waals surface area contributed by atoms with Gasteiger partial charge in [-0.05, 0) is 26.2 Å². The molecule has 0 bridgehead atoms. The van der Waals surface area contributed by atoms with Crippen molar-refractivity contribution in [2.75, 3.05) is 19.6 Å². The number of hydrogen-bond donors (Lipinski definition) is 2. The minimum absolute atomic E-state index is 0.0809. The van der Waals surface area contributed by atoms with Crippen LogP contribution in [0.5, 0.6) is 0 Å². The van der Waals surface area contributed by atoms with Crippen LogP contribution in [0.1, 0.15) is 39.5 Å². The second kappa shape index (κ2) is 5.10. The summed E-state index contributed by atoms with van der Waals surface area (Å²) < 4.78 is 0. The Balaban J connectivity index is 2.35. The van der Waals surface area contributed by atoms with E-state index >= 15 is 0 Å². The van der Waals surface area contributed by atoms with Crippen LogP contribution >= 0.6 is 0 Å². The van der Waals surface area contributed by atoms with Gasteiger partial charge in [0, 0.05) is 31.2 Å². The highest BCUT2D eigenvalue weighted by molar-refractivity contribution is 4.91. The second-order valence-corrected chi connectivity index (χ2v) is 4.74. The molecule has 0 aromatic rings. The summed E-state index contributed by atoms with van der Waals surface area (Å²) in [5.74, 6) is 0. The van der Waals surface area contributed by atoms with Crippen LogP contribution < -0.4 is 11.5 Å². The Kier molecular flexibility index (Phi) is 4.35. The summed E-state index contributed by atoms with van der Waals surface area (Å²) in [7, 11) is 0. The Morgan fingerprint density at radius 3 is 2.36 bits per heavy atom. The number of nitrogens with two attached hydrogens (primary N) is 2. The average Bonchev–Trinajstić information content (AvgIpc) is 2.19. The van der Waals surface area contributed by atoms with Gasteiger partial charge in [0.15, 0.2) is 0 Å². The maximum absolute atomic E-state index is 6.14. The minimum atomic E-state index is -0.0809. The first kappa shape index (κ1) is 12.0. The lowest BCUT2D eigenvalue weighted by molar-refractivity contribution is 0.122. The Labute approximate surface area is 87.8 Å². The first-order valence-electron chi connectivity index (χ1n) is 5.84. The Hall–Kier alpha value is -0.120. The molecule has 14 heavy (non-hydrogen) atoms. The van der Waals surface area contributed by atoms with Crippen molar-refractivity contribution in [1.82, 2.24) is 4.90 Å². The van der Waals surface area contributed by atoms with Gasteiger partial charge in [0.05, 0.1) is 0 Å². The lowest BCUT2D eigenvalue weighted by Gasteiger charge is -2.41.